The van der Waals surface area contributed by atoms with Crippen LogP contribution in [-0.2, 0) is 0 Å². The monoisotopic (exact) mass is 288 g/mol. The molecular formula is C17H24N2O2. The molecule has 3 rings (SSSR count). The second-order valence-corrected chi connectivity index (χ2v) is 5.89. The zero-order valence-corrected chi connectivity index (χ0v) is 12.7. The van der Waals surface area contributed by atoms with Gasteiger partial charge in [-0.3, -0.25) is 4.79 Å². The fourth-order valence-corrected chi connectivity index (χ4v) is 3.39. The normalized spacial score (nSPS) is 21.2. The third kappa shape index (κ3) is 2.85. The fourth-order valence-electron chi connectivity index (χ4n) is 3.39. The maximum absolute atomic E-state index is 13.0. The van der Waals surface area contributed by atoms with E-state index in [-0.39, 0.29) is 5.91 Å². The van der Waals surface area contributed by atoms with Gasteiger partial charge in [-0.15, -0.1) is 0 Å². The maximum atomic E-state index is 13.0. The zero-order valence-electron chi connectivity index (χ0n) is 12.7. The van der Waals surface area contributed by atoms with E-state index in [2.05, 4.69) is 17.1 Å². The van der Waals surface area contributed by atoms with Crippen LogP contribution in [0.15, 0.2) is 18.2 Å². The predicted molar refractivity (Wildman–Crippen MR) is 84.0 cm³/mol. The number of para-hydroxylation sites is 1. The summed E-state index contributed by atoms with van der Waals surface area (Å²) >= 11 is 0. The minimum absolute atomic E-state index is 0.133. The quantitative estimate of drug-likeness (QED) is 0.928. The van der Waals surface area contributed by atoms with Gasteiger partial charge < -0.3 is 15.0 Å². The Hall–Kier alpha value is -1.71. The number of carbonyl (C=O) groups is 1. The lowest BCUT2D eigenvalue weighted by molar-refractivity contribution is 0.0596. The van der Waals surface area contributed by atoms with Crippen LogP contribution in [0.25, 0.3) is 0 Å². The van der Waals surface area contributed by atoms with Crippen molar-refractivity contribution < 1.29 is 9.53 Å². The third-order valence-corrected chi connectivity index (χ3v) is 4.42. The summed E-state index contributed by atoms with van der Waals surface area (Å²) in [4.78, 5) is 15.0. The van der Waals surface area contributed by atoms with Crippen LogP contribution in [0.1, 0.15) is 49.4 Å². The number of hydrogen-bond acceptors (Lipinski definition) is 3. The van der Waals surface area contributed by atoms with Crippen LogP contribution in [0.4, 0.5) is 5.69 Å². The van der Waals surface area contributed by atoms with Crippen molar-refractivity contribution in [3.05, 3.63) is 23.8 Å². The molecular weight excluding hydrogens is 264 g/mol. The summed E-state index contributed by atoms with van der Waals surface area (Å²) < 4.78 is 5.75. The molecule has 0 aliphatic carbocycles. The number of amides is 1. The Kier molecular flexibility index (Phi) is 4.32. The molecule has 2 heterocycles. The van der Waals surface area contributed by atoms with Crippen LogP contribution < -0.4 is 10.1 Å². The van der Waals surface area contributed by atoms with Gasteiger partial charge in [0.1, 0.15) is 6.61 Å². The topological polar surface area (TPSA) is 41.6 Å². The predicted octanol–water partition coefficient (Wildman–Crippen LogP) is 3.29. The van der Waals surface area contributed by atoms with Crippen molar-refractivity contribution in [1.29, 1.82) is 0 Å². The zero-order chi connectivity index (χ0) is 14.7. The molecule has 1 amide bonds. The summed E-state index contributed by atoms with van der Waals surface area (Å²) in [6.45, 7) is 4.48. The van der Waals surface area contributed by atoms with E-state index in [4.69, 9.17) is 4.74 Å². The molecule has 1 saturated heterocycles. The molecule has 2 aliphatic heterocycles. The Morgan fingerprint density at radius 3 is 3.19 bits per heavy atom. The van der Waals surface area contributed by atoms with Gasteiger partial charge in [0.2, 0.25) is 0 Å². The number of ether oxygens (including phenoxy) is 1. The Morgan fingerprint density at radius 2 is 2.33 bits per heavy atom. The molecule has 1 fully saturated rings. The van der Waals surface area contributed by atoms with E-state index in [0.717, 1.165) is 50.2 Å². The number of carbonyl (C=O) groups excluding carboxylic acids is 1. The minimum atomic E-state index is 0.133. The number of nitrogens with zero attached hydrogens (tertiary/aromatic N) is 1. The first-order chi connectivity index (χ1) is 10.3. The van der Waals surface area contributed by atoms with Gasteiger partial charge in [0.15, 0.2) is 5.75 Å². The first-order valence-electron chi connectivity index (χ1n) is 8.12. The van der Waals surface area contributed by atoms with E-state index in [9.17, 15) is 4.79 Å². The van der Waals surface area contributed by atoms with Crippen molar-refractivity contribution in [2.75, 3.05) is 25.0 Å². The molecule has 1 atom stereocenters. The van der Waals surface area contributed by atoms with Crippen molar-refractivity contribution in [2.24, 2.45) is 0 Å². The van der Waals surface area contributed by atoms with Crippen LogP contribution in [0, 0.1) is 0 Å². The lowest BCUT2D eigenvalue weighted by Crippen LogP contribution is -2.44. The molecule has 0 saturated carbocycles. The summed E-state index contributed by atoms with van der Waals surface area (Å²) in [5.41, 5.74) is 1.65. The molecule has 0 spiro atoms. The maximum Gasteiger partial charge on any atom is 0.257 e. The molecule has 114 valence electrons. The number of benzene rings is 1. The van der Waals surface area contributed by atoms with Crippen molar-refractivity contribution in [3.63, 3.8) is 0 Å². The van der Waals surface area contributed by atoms with E-state index in [1.165, 1.54) is 6.42 Å². The first kappa shape index (κ1) is 14.2. The van der Waals surface area contributed by atoms with Crippen LogP contribution >= 0.6 is 0 Å². The highest BCUT2D eigenvalue weighted by Gasteiger charge is 2.29. The third-order valence-electron chi connectivity index (χ3n) is 4.42. The average molecular weight is 288 g/mol. The van der Waals surface area contributed by atoms with Crippen molar-refractivity contribution in [2.45, 2.75) is 45.1 Å². The van der Waals surface area contributed by atoms with E-state index in [1.807, 2.05) is 18.2 Å². The summed E-state index contributed by atoms with van der Waals surface area (Å²) in [6, 6.07) is 6.20. The number of piperidine rings is 1. The standard InChI is InChI=1S/C17H24N2O2/c1-2-6-13-7-3-4-11-19(13)17(20)14-8-5-9-15-16(14)21-12-10-18-15/h5,8-9,13,18H,2-4,6-7,10-12H2,1H3. The molecule has 0 bridgehead atoms. The minimum Gasteiger partial charge on any atom is -0.489 e. The van der Waals surface area contributed by atoms with Crippen molar-refractivity contribution in [1.82, 2.24) is 4.90 Å². The van der Waals surface area contributed by atoms with Crippen molar-refractivity contribution in [3.8, 4) is 5.75 Å². The van der Waals surface area contributed by atoms with E-state index < -0.39 is 0 Å². The number of anilines is 1. The van der Waals surface area contributed by atoms with Crippen LogP contribution in [0.2, 0.25) is 0 Å². The van der Waals surface area contributed by atoms with Crippen LogP contribution in [0.3, 0.4) is 0 Å². The molecule has 4 heteroatoms. The molecule has 21 heavy (non-hydrogen) atoms. The van der Waals surface area contributed by atoms with E-state index >= 15 is 0 Å². The Labute approximate surface area is 126 Å². The van der Waals surface area contributed by atoms with Crippen LogP contribution in [0.5, 0.6) is 5.75 Å². The number of hydrogen-bond donors (Lipinski definition) is 1. The van der Waals surface area contributed by atoms with Gasteiger partial charge in [-0.05, 0) is 37.8 Å². The van der Waals surface area contributed by atoms with Gasteiger partial charge in [-0.25, -0.2) is 0 Å². The van der Waals surface area contributed by atoms with Gasteiger partial charge in [-0.1, -0.05) is 19.4 Å². The van der Waals surface area contributed by atoms with Crippen molar-refractivity contribution >= 4 is 11.6 Å². The lowest BCUT2D eigenvalue weighted by atomic mass is 9.97. The Morgan fingerprint density at radius 1 is 1.43 bits per heavy atom. The first-order valence-corrected chi connectivity index (χ1v) is 8.12. The second-order valence-electron chi connectivity index (χ2n) is 5.89. The Bertz CT molecular complexity index is 514. The smallest absolute Gasteiger partial charge is 0.257 e. The number of rotatable bonds is 3. The van der Waals surface area contributed by atoms with E-state index in [0.29, 0.717) is 18.2 Å². The summed E-state index contributed by atoms with van der Waals surface area (Å²) in [5.74, 6) is 0.864. The van der Waals surface area contributed by atoms with Gasteiger partial charge in [-0.2, -0.15) is 0 Å². The average Bonchev–Trinajstić information content (AvgIpc) is 2.54. The molecule has 0 radical (unpaired) electrons. The fraction of sp³-hybridized carbons (Fsp3) is 0.588. The summed E-state index contributed by atoms with van der Waals surface area (Å²) in [7, 11) is 0. The molecule has 1 aromatic carbocycles. The number of likely N-dealkylation sites (tertiary alicyclic amines) is 1. The summed E-state index contributed by atoms with van der Waals surface area (Å²) in [6.07, 6.45) is 5.70. The van der Waals surface area contributed by atoms with Crippen LogP contribution in [-0.4, -0.2) is 36.5 Å². The highest BCUT2D eigenvalue weighted by Crippen LogP contribution is 2.33. The molecule has 1 N–H and O–H groups in total. The summed E-state index contributed by atoms with van der Waals surface area (Å²) in [5, 5.41) is 3.30. The highest BCUT2D eigenvalue weighted by molar-refractivity contribution is 5.99. The SMILES string of the molecule is CCCC1CCCCN1C(=O)c1cccc2c1OCCN2. The van der Waals surface area contributed by atoms with E-state index in [1.54, 1.807) is 0 Å². The Balaban J connectivity index is 1.87. The van der Waals surface area contributed by atoms with Gasteiger partial charge in [0.05, 0.1) is 11.3 Å². The molecule has 1 unspecified atom stereocenters. The molecule has 0 aromatic heterocycles. The molecule has 1 aromatic rings. The lowest BCUT2D eigenvalue weighted by Gasteiger charge is -2.36. The molecule has 4 nitrogen and oxygen atoms in total. The van der Waals surface area contributed by atoms with Gasteiger partial charge in [0, 0.05) is 19.1 Å². The second kappa shape index (κ2) is 6.37. The van der Waals surface area contributed by atoms with Gasteiger partial charge >= 0.3 is 0 Å². The number of fused-ring (bicyclic) bond motifs is 1. The highest BCUT2D eigenvalue weighted by atomic mass is 16.5. The largest absolute Gasteiger partial charge is 0.489 e. The molecule has 2 aliphatic rings. The number of nitrogens with one attached hydrogen (secondary N) is 1. The van der Waals surface area contributed by atoms with Gasteiger partial charge in [0.25, 0.3) is 5.91 Å².